The van der Waals surface area contributed by atoms with Crippen LogP contribution in [0, 0.1) is 0 Å². The highest BCUT2D eigenvalue weighted by molar-refractivity contribution is 7.10. The molecule has 4 rings (SSSR count). The van der Waals surface area contributed by atoms with E-state index in [1.165, 1.54) is 29.5 Å². The molecule has 1 aromatic carbocycles. The van der Waals surface area contributed by atoms with E-state index in [1.807, 2.05) is 24.4 Å². The average molecular weight is 432 g/mol. The summed E-state index contributed by atoms with van der Waals surface area (Å²) in [6, 6.07) is 8.78. The van der Waals surface area contributed by atoms with Gasteiger partial charge in [-0.2, -0.15) is 0 Å². The molecule has 3 aromatic heterocycles. The number of fused-ring (bicyclic) bond motifs is 1. The number of rotatable bonds is 5. The van der Waals surface area contributed by atoms with E-state index in [0.29, 0.717) is 10.9 Å². The van der Waals surface area contributed by atoms with E-state index in [-0.39, 0.29) is 17.5 Å². The third-order valence-electron chi connectivity index (χ3n) is 4.27. The van der Waals surface area contributed by atoms with Crippen molar-refractivity contribution in [3.05, 3.63) is 64.9 Å². The number of benzene rings is 1. The third kappa shape index (κ3) is 4.43. The Kier molecular flexibility index (Phi) is 5.17. The van der Waals surface area contributed by atoms with E-state index < -0.39 is 12.3 Å². The summed E-state index contributed by atoms with van der Waals surface area (Å²) in [5.41, 5.74) is 2.24. The molecule has 1 atom stereocenters. The lowest BCUT2D eigenvalue weighted by molar-refractivity contribution is -0.274. The molecule has 0 radical (unpaired) electrons. The molecule has 0 saturated carbocycles. The molecule has 30 heavy (non-hydrogen) atoms. The second-order valence-corrected chi connectivity index (χ2v) is 7.38. The third-order valence-corrected chi connectivity index (χ3v) is 5.30. The van der Waals surface area contributed by atoms with Crippen molar-refractivity contribution in [2.24, 2.45) is 0 Å². The number of carbonyl (C=O) groups is 1. The largest absolute Gasteiger partial charge is 0.573 e. The van der Waals surface area contributed by atoms with Crippen LogP contribution < -0.4 is 10.1 Å². The van der Waals surface area contributed by atoms with Crippen LogP contribution in [0.1, 0.15) is 28.5 Å². The summed E-state index contributed by atoms with van der Waals surface area (Å²) in [4.78, 5) is 24.0. The second kappa shape index (κ2) is 7.79. The number of pyridine rings is 1. The Morgan fingerprint density at radius 1 is 1.27 bits per heavy atom. The van der Waals surface area contributed by atoms with Gasteiger partial charge in [-0.1, -0.05) is 0 Å². The highest BCUT2D eigenvalue weighted by Crippen LogP contribution is 2.28. The minimum Gasteiger partial charge on any atom is -0.406 e. The minimum absolute atomic E-state index is 0.227. The standard InChI is InChI=1S/C20H15F3N4O2S/c1-11(19-27-17(10-30-19)13-3-2-6-24-9-13)25-18(28)16-7-12-4-5-14(8-15(12)26-16)29-20(21,22)23/h2-11,26H,1H3,(H,25,28). The van der Waals surface area contributed by atoms with E-state index >= 15 is 0 Å². The smallest absolute Gasteiger partial charge is 0.406 e. The van der Waals surface area contributed by atoms with Crippen LogP contribution in [0.3, 0.4) is 0 Å². The van der Waals surface area contributed by atoms with E-state index in [0.717, 1.165) is 16.3 Å². The summed E-state index contributed by atoms with van der Waals surface area (Å²) < 4.78 is 41.1. The number of hydrogen-bond donors (Lipinski definition) is 2. The van der Waals surface area contributed by atoms with Gasteiger partial charge in [-0.15, -0.1) is 24.5 Å². The number of aromatic amines is 1. The van der Waals surface area contributed by atoms with Gasteiger partial charge in [0, 0.05) is 40.3 Å². The molecule has 6 nitrogen and oxygen atoms in total. The molecule has 0 fully saturated rings. The molecule has 0 saturated heterocycles. The second-order valence-electron chi connectivity index (χ2n) is 6.49. The summed E-state index contributed by atoms with van der Waals surface area (Å²) in [5.74, 6) is -0.752. The van der Waals surface area contributed by atoms with Crippen LogP contribution in [0.25, 0.3) is 22.2 Å². The Hall–Kier alpha value is -3.40. The Labute approximate surface area is 172 Å². The van der Waals surface area contributed by atoms with Crippen molar-refractivity contribution in [1.82, 2.24) is 20.3 Å². The zero-order valence-electron chi connectivity index (χ0n) is 15.5. The first kappa shape index (κ1) is 19.9. The van der Waals surface area contributed by atoms with Crippen molar-refractivity contribution >= 4 is 28.1 Å². The van der Waals surface area contributed by atoms with Crippen LogP contribution in [0.15, 0.2) is 54.2 Å². The van der Waals surface area contributed by atoms with Crippen molar-refractivity contribution in [2.45, 2.75) is 19.3 Å². The Bertz CT molecular complexity index is 1190. The van der Waals surface area contributed by atoms with E-state index in [9.17, 15) is 18.0 Å². The number of amides is 1. The lowest BCUT2D eigenvalue weighted by atomic mass is 10.2. The first-order valence-electron chi connectivity index (χ1n) is 8.84. The van der Waals surface area contributed by atoms with Crippen molar-refractivity contribution in [2.75, 3.05) is 0 Å². The van der Waals surface area contributed by atoms with Crippen LogP contribution in [-0.4, -0.2) is 27.2 Å². The molecule has 0 spiro atoms. The lowest BCUT2D eigenvalue weighted by Crippen LogP contribution is -2.26. The van der Waals surface area contributed by atoms with Crippen LogP contribution in [0.5, 0.6) is 5.75 Å². The van der Waals surface area contributed by atoms with Gasteiger partial charge in [0.25, 0.3) is 5.91 Å². The van der Waals surface area contributed by atoms with Gasteiger partial charge in [0.05, 0.1) is 11.7 Å². The van der Waals surface area contributed by atoms with Gasteiger partial charge in [-0.3, -0.25) is 9.78 Å². The highest BCUT2D eigenvalue weighted by Gasteiger charge is 2.31. The number of ether oxygens (including phenoxy) is 1. The minimum atomic E-state index is -4.78. The van der Waals surface area contributed by atoms with Crippen molar-refractivity contribution < 1.29 is 22.7 Å². The van der Waals surface area contributed by atoms with Crippen LogP contribution >= 0.6 is 11.3 Å². The summed E-state index contributed by atoms with van der Waals surface area (Å²) in [7, 11) is 0. The van der Waals surface area contributed by atoms with Gasteiger partial charge in [-0.25, -0.2) is 4.98 Å². The topological polar surface area (TPSA) is 79.9 Å². The summed E-state index contributed by atoms with van der Waals surface area (Å²) in [6.45, 7) is 1.81. The maximum Gasteiger partial charge on any atom is 0.573 e. The molecule has 0 aliphatic rings. The van der Waals surface area contributed by atoms with Gasteiger partial charge in [-0.05, 0) is 37.3 Å². The molecule has 3 heterocycles. The predicted octanol–water partition coefficient (Wildman–Crippen LogP) is 5.08. The Morgan fingerprint density at radius 2 is 2.10 bits per heavy atom. The van der Waals surface area contributed by atoms with Crippen LogP contribution in [-0.2, 0) is 0 Å². The average Bonchev–Trinajstić information content (AvgIpc) is 3.34. The maximum absolute atomic E-state index is 12.6. The zero-order chi connectivity index (χ0) is 21.3. The maximum atomic E-state index is 12.6. The fourth-order valence-electron chi connectivity index (χ4n) is 2.90. The van der Waals surface area contributed by atoms with E-state index in [2.05, 4.69) is 25.0 Å². The highest BCUT2D eigenvalue weighted by atomic mass is 32.1. The predicted molar refractivity (Wildman–Crippen MR) is 106 cm³/mol. The van der Waals surface area contributed by atoms with Crippen molar-refractivity contribution in [1.29, 1.82) is 0 Å². The molecular formula is C20H15F3N4O2S. The Morgan fingerprint density at radius 3 is 2.83 bits per heavy atom. The number of alkyl halides is 3. The number of nitrogens with one attached hydrogen (secondary N) is 2. The first-order chi connectivity index (χ1) is 14.3. The summed E-state index contributed by atoms with van der Waals surface area (Å²) in [6.07, 6.45) is -1.39. The van der Waals surface area contributed by atoms with E-state index in [1.54, 1.807) is 18.5 Å². The van der Waals surface area contributed by atoms with Crippen molar-refractivity contribution in [3.63, 3.8) is 0 Å². The SMILES string of the molecule is CC(NC(=O)c1cc2ccc(OC(F)(F)F)cc2[nH]1)c1nc(-c2cccnc2)cs1. The fraction of sp³-hybridized carbons (Fsp3) is 0.150. The molecule has 4 aromatic rings. The first-order valence-corrected chi connectivity index (χ1v) is 9.72. The number of carbonyl (C=O) groups excluding carboxylic acids is 1. The molecule has 1 amide bonds. The lowest BCUT2D eigenvalue weighted by Gasteiger charge is -2.10. The van der Waals surface area contributed by atoms with Crippen molar-refractivity contribution in [3.8, 4) is 17.0 Å². The zero-order valence-corrected chi connectivity index (χ0v) is 16.3. The molecule has 0 aliphatic heterocycles. The molecule has 154 valence electrons. The quantitative estimate of drug-likeness (QED) is 0.461. The molecule has 2 N–H and O–H groups in total. The van der Waals surface area contributed by atoms with Gasteiger partial charge in [0.2, 0.25) is 0 Å². The van der Waals surface area contributed by atoms with Gasteiger partial charge in [0.15, 0.2) is 0 Å². The normalized spacial score (nSPS) is 12.7. The summed E-state index contributed by atoms with van der Waals surface area (Å²) >= 11 is 1.42. The summed E-state index contributed by atoms with van der Waals surface area (Å²) in [5, 5.41) is 6.05. The Balaban J connectivity index is 1.48. The molecule has 1 unspecified atom stereocenters. The van der Waals surface area contributed by atoms with Crippen LogP contribution in [0.4, 0.5) is 13.2 Å². The molecular weight excluding hydrogens is 417 g/mol. The number of nitrogens with zero attached hydrogens (tertiary/aromatic N) is 2. The molecule has 0 bridgehead atoms. The van der Waals surface area contributed by atoms with Gasteiger partial charge < -0.3 is 15.0 Å². The number of H-pyrrole nitrogens is 1. The van der Waals surface area contributed by atoms with Gasteiger partial charge >= 0.3 is 6.36 Å². The number of hydrogen-bond acceptors (Lipinski definition) is 5. The van der Waals surface area contributed by atoms with Crippen LogP contribution in [0.2, 0.25) is 0 Å². The molecule has 0 aliphatic carbocycles. The fourth-order valence-corrected chi connectivity index (χ4v) is 3.73. The van der Waals surface area contributed by atoms with E-state index in [4.69, 9.17) is 0 Å². The van der Waals surface area contributed by atoms with Gasteiger partial charge in [0.1, 0.15) is 16.5 Å². The number of halogens is 3. The monoisotopic (exact) mass is 432 g/mol. The number of aromatic nitrogens is 3. The number of thiazole rings is 1. The molecule has 10 heteroatoms.